The van der Waals surface area contributed by atoms with Gasteiger partial charge in [0.05, 0.1) is 0 Å². The van der Waals surface area contributed by atoms with Crippen molar-refractivity contribution in [3.63, 3.8) is 0 Å². The quantitative estimate of drug-likeness (QED) is 0.472. The molecule has 0 unspecified atom stereocenters. The molecular weight excluding hydrogens is 232 g/mol. The molecule has 3 aromatic rings. The van der Waals surface area contributed by atoms with Gasteiger partial charge in [0.15, 0.2) is 5.78 Å². The van der Waals surface area contributed by atoms with Crippen LogP contribution >= 0.6 is 0 Å². The molecule has 0 N–H and O–H groups in total. The number of ketones is 1. The van der Waals surface area contributed by atoms with Gasteiger partial charge in [0, 0.05) is 5.56 Å². The molecule has 0 radical (unpaired) electrons. The summed E-state index contributed by atoms with van der Waals surface area (Å²) < 4.78 is 0. The SMILES string of the molecule is CCc1ccc2cc3cc(C(C)=O)ccc3cc2c1. The van der Waals surface area contributed by atoms with Gasteiger partial charge in [-0.05, 0) is 58.7 Å². The van der Waals surface area contributed by atoms with Gasteiger partial charge in [-0.15, -0.1) is 0 Å². The number of hydrogen-bond acceptors (Lipinski definition) is 1. The molecule has 0 bridgehead atoms. The molecule has 0 aliphatic rings. The van der Waals surface area contributed by atoms with E-state index in [0.29, 0.717) is 0 Å². The topological polar surface area (TPSA) is 17.1 Å². The first kappa shape index (κ1) is 11.9. The maximum Gasteiger partial charge on any atom is 0.159 e. The van der Waals surface area contributed by atoms with Gasteiger partial charge < -0.3 is 0 Å². The van der Waals surface area contributed by atoms with Gasteiger partial charge in [-0.25, -0.2) is 0 Å². The van der Waals surface area contributed by atoms with Crippen LogP contribution in [-0.4, -0.2) is 5.78 Å². The molecule has 0 amide bonds. The minimum absolute atomic E-state index is 0.114. The van der Waals surface area contributed by atoms with Gasteiger partial charge >= 0.3 is 0 Å². The molecule has 0 spiro atoms. The van der Waals surface area contributed by atoms with Crippen LogP contribution in [0.25, 0.3) is 21.5 Å². The Balaban J connectivity index is 2.28. The zero-order valence-electron chi connectivity index (χ0n) is 11.2. The first-order valence-electron chi connectivity index (χ1n) is 6.65. The third kappa shape index (κ3) is 2.12. The lowest BCUT2D eigenvalue weighted by Gasteiger charge is -2.05. The van der Waals surface area contributed by atoms with E-state index in [1.54, 1.807) is 6.92 Å². The van der Waals surface area contributed by atoms with Crippen LogP contribution in [0.5, 0.6) is 0 Å². The van der Waals surface area contributed by atoms with E-state index in [9.17, 15) is 4.79 Å². The van der Waals surface area contributed by atoms with Crippen LogP contribution in [0.15, 0.2) is 48.5 Å². The fraction of sp³-hybridized carbons (Fsp3) is 0.167. The molecule has 1 heteroatoms. The number of carbonyl (C=O) groups is 1. The van der Waals surface area contributed by atoms with Crippen LogP contribution in [0.2, 0.25) is 0 Å². The first-order valence-corrected chi connectivity index (χ1v) is 6.65. The van der Waals surface area contributed by atoms with Crippen molar-refractivity contribution in [2.75, 3.05) is 0 Å². The Kier molecular flexibility index (Phi) is 2.83. The second-order valence-corrected chi connectivity index (χ2v) is 5.01. The van der Waals surface area contributed by atoms with Crippen molar-refractivity contribution in [2.24, 2.45) is 0 Å². The maximum absolute atomic E-state index is 11.4. The Labute approximate surface area is 112 Å². The van der Waals surface area contributed by atoms with Gasteiger partial charge in [0.25, 0.3) is 0 Å². The molecule has 19 heavy (non-hydrogen) atoms. The Morgan fingerprint density at radius 2 is 1.47 bits per heavy atom. The molecule has 0 heterocycles. The number of benzene rings is 3. The van der Waals surface area contributed by atoms with Crippen LogP contribution in [-0.2, 0) is 6.42 Å². The highest BCUT2D eigenvalue weighted by molar-refractivity contribution is 6.03. The maximum atomic E-state index is 11.4. The highest BCUT2D eigenvalue weighted by Crippen LogP contribution is 2.25. The summed E-state index contributed by atoms with van der Waals surface area (Å²) in [7, 11) is 0. The minimum atomic E-state index is 0.114. The lowest BCUT2D eigenvalue weighted by atomic mass is 9.99. The molecule has 3 aromatic carbocycles. The summed E-state index contributed by atoms with van der Waals surface area (Å²) in [4.78, 5) is 11.4. The highest BCUT2D eigenvalue weighted by Gasteiger charge is 2.03. The molecule has 0 fully saturated rings. The summed E-state index contributed by atoms with van der Waals surface area (Å²) in [6.07, 6.45) is 1.05. The van der Waals surface area contributed by atoms with Gasteiger partial charge in [-0.3, -0.25) is 4.79 Å². The van der Waals surface area contributed by atoms with E-state index in [4.69, 9.17) is 0 Å². The molecule has 94 valence electrons. The van der Waals surface area contributed by atoms with E-state index in [1.807, 2.05) is 18.2 Å². The van der Waals surface area contributed by atoms with Gasteiger partial charge in [-0.1, -0.05) is 37.3 Å². The second kappa shape index (κ2) is 4.51. The molecule has 1 nitrogen and oxygen atoms in total. The Morgan fingerprint density at radius 1 is 0.842 bits per heavy atom. The van der Waals surface area contributed by atoms with Gasteiger partial charge in [0.2, 0.25) is 0 Å². The van der Waals surface area contributed by atoms with Crippen molar-refractivity contribution >= 4 is 27.3 Å². The normalized spacial score (nSPS) is 11.1. The lowest BCUT2D eigenvalue weighted by molar-refractivity contribution is 0.101. The molecule has 0 aliphatic heterocycles. The van der Waals surface area contributed by atoms with Crippen molar-refractivity contribution < 1.29 is 4.79 Å². The predicted octanol–water partition coefficient (Wildman–Crippen LogP) is 4.76. The zero-order chi connectivity index (χ0) is 13.4. The molecule has 0 saturated heterocycles. The molecular formula is C18H16O. The smallest absolute Gasteiger partial charge is 0.159 e. The number of Topliss-reactive ketones (excluding diaryl/α,β-unsaturated/α-hetero) is 1. The van der Waals surface area contributed by atoms with Gasteiger partial charge in [-0.2, -0.15) is 0 Å². The van der Waals surface area contributed by atoms with E-state index < -0.39 is 0 Å². The summed E-state index contributed by atoms with van der Waals surface area (Å²) in [5.74, 6) is 0.114. The van der Waals surface area contributed by atoms with E-state index in [1.165, 1.54) is 21.7 Å². The van der Waals surface area contributed by atoms with Crippen molar-refractivity contribution in [2.45, 2.75) is 20.3 Å². The van der Waals surface area contributed by atoms with Crippen LogP contribution < -0.4 is 0 Å². The van der Waals surface area contributed by atoms with Crippen molar-refractivity contribution in [1.82, 2.24) is 0 Å². The minimum Gasteiger partial charge on any atom is -0.295 e. The molecule has 0 saturated carbocycles. The number of fused-ring (bicyclic) bond motifs is 2. The van der Waals surface area contributed by atoms with Crippen LogP contribution in [0.4, 0.5) is 0 Å². The summed E-state index contributed by atoms with van der Waals surface area (Å²) in [5, 5.41) is 4.81. The van der Waals surface area contributed by atoms with E-state index in [2.05, 4.69) is 37.3 Å². The Hall–Kier alpha value is -2.15. The van der Waals surface area contributed by atoms with Crippen LogP contribution in [0.3, 0.4) is 0 Å². The standard InChI is InChI=1S/C18H16O/c1-3-13-4-5-15-11-18-9-14(12(2)19)6-7-16(18)10-17(15)8-13/h4-11H,3H2,1-2H3. The molecule has 0 aromatic heterocycles. The predicted molar refractivity (Wildman–Crippen MR) is 80.8 cm³/mol. The van der Waals surface area contributed by atoms with E-state index >= 15 is 0 Å². The van der Waals surface area contributed by atoms with Crippen molar-refractivity contribution in [3.8, 4) is 0 Å². The zero-order valence-corrected chi connectivity index (χ0v) is 11.2. The largest absolute Gasteiger partial charge is 0.295 e. The summed E-state index contributed by atoms with van der Waals surface area (Å²) in [6.45, 7) is 3.77. The summed E-state index contributed by atoms with van der Waals surface area (Å²) in [6, 6.07) is 16.9. The van der Waals surface area contributed by atoms with Crippen LogP contribution in [0, 0.1) is 0 Å². The number of rotatable bonds is 2. The molecule has 3 rings (SSSR count). The lowest BCUT2D eigenvalue weighted by Crippen LogP contribution is -1.91. The van der Waals surface area contributed by atoms with Crippen molar-refractivity contribution in [3.05, 3.63) is 59.7 Å². The molecule has 0 atom stereocenters. The van der Waals surface area contributed by atoms with E-state index in [0.717, 1.165) is 17.4 Å². The first-order chi connectivity index (χ1) is 9.17. The monoisotopic (exact) mass is 248 g/mol. The average molecular weight is 248 g/mol. The average Bonchev–Trinajstić information content (AvgIpc) is 2.43. The fourth-order valence-corrected chi connectivity index (χ4v) is 2.49. The number of aryl methyl sites for hydroxylation is 1. The fourth-order valence-electron chi connectivity index (χ4n) is 2.49. The Morgan fingerprint density at radius 3 is 2.11 bits per heavy atom. The van der Waals surface area contributed by atoms with Gasteiger partial charge in [0.1, 0.15) is 0 Å². The summed E-state index contributed by atoms with van der Waals surface area (Å²) >= 11 is 0. The second-order valence-electron chi connectivity index (χ2n) is 5.01. The number of hydrogen-bond donors (Lipinski definition) is 0. The van der Waals surface area contributed by atoms with Crippen molar-refractivity contribution in [1.29, 1.82) is 0 Å². The highest BCUT2D eigenvalue weighted by atomic mass is 16.1. The summed E-state index contributed by atoms with van der Waals surface area (Å²) in [5.41, 5.74) is 2.13. The van der Waals surface area contributed by atoms with Crippen LogP contribution in [0.1, 0.15) is 29.8 Å². The molecule has 0 aliphatic carbocycles. The number of carbonyl (C=O) groups excluding carboxylic acids is 1. The third-order valence-electron chi connectivity index (χ3n) is 3.67. The van der Waals surface area contributed by atoms with E-state index in [-0.39, 0.29) is 5.78 Å². The third-order valence-corrected chi connectivity index (χ3v) is 3.67. The Bertz CT molecular complexity index is 784.